The Hall–Kier alpha value is -0.990. The van der Waals surface area contributed by atoms with E-state index in [2.05, 4.69) is 20.9 Å². The molecule has 0 atom stereocenters. The highest BCUT2D eigenvalue weighted by atomic mass is 79.9. The predicted octanol–water partition coefficient (Wildman–Crippen LogP) is 2.75. The molecule has 0 spiro atoms. The monoisotopic (exact) mass is 243 g/mol. The Morgan fingerprint density at radius 2 is 2.31 bits per heavy atom. The number of benzene rings is 1. The predicted molar refractivity (Wildman–Crippen MR) is 50.8 cm³/mol. The van der Waals surface area contributed by atoms with Gasteiger partial charge in [0.15, 0.2) is 0 Å². The summed E-state index contributed by atoms with van der Waals surface area (Å²) in [6.45, 7) is -0.216. The van der Waals surface area contributed by atoms with E-state index in [0.29, 0.717) is 10.0 Å². The van der Waals surface area contributed by atoms with E-state index in [1.165, 1.54) is 6.08 Å². The van der Waals surface area contributed by atoms with Crippen LogP contribution in [0.5, 0.6) is 0 Å². The van der Waals surface area contributed by atoms with Gasteiger partial charge < -0.3 is 0 Å². The lowest BCUT2D eigenvalue weighted by atomic mass is 10.1. The van der Waals surface area contributed by atoms with Crippen molar-refractivity contribution >= 4 is 22.0 Å². The molecule has 2 nitrogen and oxygen atoms in total. The van der Waals surface area contributed by atoms with Crippen LogP contribution in [0.15, 0.2) is 27.7 Å². The second-order valence-electron chi connectivity index (χ2n) is 2.47. The topological polar surface area (TPSA) is 29.4 Å². The van der Waals surface area contributed by atoms with Crippen molar-refractivity contribution in [3.8, 4) is 0 Å². The van der Waals surface area contributed by atoms with Crippen molar-refractivity contribution in [2.75, 3.05) is 0 Å². The Kier molecular flexibility index (Phi) is 3.80. The first-order valence-corrected chi connectivity index (χ1v) is 4.44. The third-order valence-corrected chi connectivity index (χ3v) is 2.33. The first-order valence-electron chi connectivity index (χ1n) is 3.65. The standard InChI is InChI=1S/C9H7BrFNO/c10-9-3-7(5-12-6-13)1-2-8(9)4-11/h1-3H,4-5H2. The van der Waals surface area contributed by atoms with Gasteiger partial charge in [0, 0.05) is 4.47 Å². The first-order chi connectivity index (χ1) is 6.27. The van der Waals surface area contributed by atoms with Gasteiger partial charge in [0.2, 0.25) is 6.08 Å². The number of hydrogen-bond donors (Lipinski definition) is 0. The summed E-state index contributed by atoms with van der Waals surface area (Å²) in [5, 5.41) is 0. The van der Waals surface area contributed by atoms with Crippen LogP contribution >= 0.6 is 15.9 Å². The minimum absolute atomic E-state index is 0.286. The molecule has 68 valence electrons. The number of rotatable bonds is 3. The molecule has 0 N–H and O–H groups in total. The van der Waals surface area contributed by atoms with Gasteiger partial charge in [0.25, 0.3) is 0 Å². The van der Waals surface area contributed by atoms with E-state index in [9.17, 15) is 9.18 Å². The van der Waals surface area contributed by atoms with Crippen LogP contribution in [0.2, 0.25) is 0 Å². The number of isocyanates is 1. The summed E-state index contributed by atoms with van der Waals surface area (Å²) in [4.78, 5) is 13.2. The van der Waals surface area contributed by atoms with Crippen LogP contribution in [0.25, 0.3) is 0 Å². The summed E-state index contributed by atoms with van der Waals surface area (Å²) in [7, 11) is 0. The van der Waals surface area contributed by atoms with Crippen LogP contribution in [0.3, 0.4) is 0 Å². The molecule has 0 saturated carbocycles. The normalized spacial score (nSPS) is 9.38. The zero-order valence-corrected chi connectivity index (χ0v) is 8.34. The first kappa shape index (κ1) is 10.1. The molecule has 0 aliphatic rings. The Morgan fingerprint density at radius 1 is 1.54 bits per heavy atom. The molecular formula is C9H7BrFNO. The van der Waals surface area contributed by atoms with Crippen molar-refractivity contribution in [3.05, 3.63) is 33.8 Å². The second-order valence-corrected chi connectivity index (χ2v) is 3.32. The van der Waals surface area contributed by atoms with Gasteiger partial charge >= 0.3 is 0 Å². The van der Waals surface area contributed by atoms with E-state index in [4.69, 9.17) is 0 Å². The van der Waals surface area contributed by atoms with Gasteiger partial charge in [-0.25, -0.2) is 14.2 Å². The van der Waals surface area contributed by atoms with E-state index < -0.39 is 6.67 Å². The van der Waals surface area contributed by atoms with Gasteiger partial charge in [0.1, 0.15) is 6.67 Å². The molecule has 1 aromatic rings. The minimum Gasteiger partial charge on any atom is -0.246 e. The zero-order valence-electron chi connectivity index (χ0n) is 6.76. The summed E-state index contributed by atoms with van der Waals surface area (Å²) < 4.78 is 13.0. The Morgan fingerprint density at radius 3 is 2.85 bits per heavy atom. The molecule has 0 aliphatic heterocycles. The average molecular weight is 244 g/mol. The van der Waals surface area contributed by atoms with Crippen LogP contribution in [-0.2, 0) is 18.0 Å². The van der Waals surface area contributed by atoms with E-state index in [-0.39, 0.29) is 6.54 Å². The number of halogens is 2. The third kappa shape index (κ3) is 2.76. The Labute approximate surface area is 83.6 Å². The van der Waals surface area contributed by atoms with Gasteiger partial charge in [-0.05, 0) is 17.2 Å². The van der Waals surface area contributed by atoms with E-state index in [0.717, 1.165) is 5.56 Å². The number of alkyl halides is 1. The Bertz CT molecular complexity index is 347. The van der Waals surface area contributed by atoms with E-state index in [1.807, 2.05) is 0 Å². The maximum Gasteiger partial charge on any atom is 0.235 e. The van der Waals surface area contributed by atoms with Gasteiger partial charge in [0.05, 0.1) is 6.54 Å². The number of nitrogens with zero attached hydrogens (tertiary/aromatic N) is 1. The molecule has 4 heteroatoms. The highest BCUT2D eigenvalue weighted by molar-refractivity contribution is 9.10. The molecular weight excluding hydrogens is 237 g/mol. The van der Waals surface area contributed by atoms with Crippen LogP contribution < -0.4 is 0 Å². The quantitative estimate of drug-likeness (QED) is 0.593. The number of aliphatic imine (C=N–C) groups is 1. The van der Waals surface area contributed by atoms with Crippen molar-refractivity contribution in [2.24, 2.45) is 4.99 Å². The lowest BCUT2D eigenvalue weighted by Gasteiger charge is -2.01. The SMILES string of the molecule is O=C=NCc1ccc(CF)c(Br)c1. The fraction of sp³-hybridized carbons (Fsp3) is 0.222. The summed E-state index contributed by atoms with van der Waals surface area (Å²) >= 11 is 3.22. The minimum atomic E-state index is -0.502. The summed E-state index contributed by atoms with van der Waals surface area (Å²) in [5.74, 6) is 0. The van der Waals surface area contributed by atoms with E-state index in [1.54, 1.807) is 18.2 Å². The molecule has 0 aromatic heterocycles. The molecule has 0 bridgehead atoms. The van der Waals surface area contributed by atoms with Crippen molar-refractivity contribution < 1.29 is 9.18 Å². The highest BCUT2D eigenvalue weighted by Crippen LogP contribution is 2.19. The largest absolute Gasteiger partial charge is 0.246 e. The summed E-state index contributed by atoms with van der Waals surface area (Å²) in [5.41, 5.74) is 1.45. The fourth-order valence-corrected chi connectivity index (χ4v) is 1.45. The van der Waals surface area contributed by atoms with Crippen molar-refractivity contribution in [1.82, 2.24) is 0 Å². The molecule has 0 heterocycles. The molecule has 13 heavy (non-hydrogen) atoms. The second kappa shape index (κ2) is 4.90. The number of hydrogen-bond acceptors (Lipinski definition) is 2. The molecule has 0 fully saturated rings. The van der Waals surface area contributed by atoms with Crippen LogP contribution in [0, 0.1) is 0 Å². The number of carbonyl (C=O) groups excluding carboxylic acids is 1. The molecule has 0 aliphatic carbocycles. The van der Waals surface area contributed by atoms with Crippen LogP contribution in [-0.4, -0.2) is 6.08 Å². The molecule has 0 unspecified atom stereocenters. The maximum absolute atomic E-state index is 12.3. The van der Waals surface area contributed by atoms with Crippen molar-refractivity contribution in [3.63, 3.8) is 0 Å². The fourth-order valence-electron chi connectivity index (χ4n) is 0.921. The molecule has 1 aromatic carbocycles. The Balaban J connectivity index is 2.88. The average Bonchev–Trinajstić information content (AvgIpc) is 2.15. The molecule has 0 amide bonds. The maximum atomic E-state index is 12.3. The van der Waals surface area contributed by atoms with Gasteiger partial charge in [-0.15, -0.1) is 0 Å². The van der Waals surface area contributed by atoms with Gasteiger partial charge in [-0.2, -0.15) is 0 Å². The molecule has 0 radical (unpaired) electrons. The van der Waals surface area contributed by atoms with Gasteiger partial charge in [-0.1, -0.05) is 28.1 Å². The highest BCUT2D eigenvalue weighted by Gasteiger charge is 2.00. The van der Waals surface area contributed by atoms with Crippen LogP contribution in [0.4, 0.5) is 4.39 Å². The zero-order chi connectivity index (χ0) is 9.68. The van der Waals surface area contributed by atoms with Crippen molar-refractivity contribution in [2.45, 2.75) is 13.2 Å². The molecule has 1 rings (SSSR count). The van der Waals surface area contributed by atoms with E-state index >= 15 is 0 Å². The van der Waals surface area contributed by atoms with Crippen molar-refractivity contribution in [1.29, 1.82) is 0 Å². The lowest BCUT2D eigenvalue weighted by Crippen LogP contribution is -1.85. The smallest absolute Gasteiger partial charge is 0.235 e. The summed E-state index contributed by atoms with van der Waals surface area (Å²) in [6, 6.07) is 5.15. The lowest BCUT2D eigenvalue weighted by molar-refractivity contribution is 0.484. The molecule has 0 saturated heterocycles. The summed E-state index contributed by atoms with van der Waals surface area (Å²) in [6.07, 6.45) is 1.45. The van der Waals surface area contributed by atoms with Crippen LogP contribution in [0.1, 0.15) is 11.1 Å². The third-order valence-electron chi connectivity index (χ3n) is 1.59. The van der Waals surface area contributed by atoms with Gasteiger partial charge in [-0.3, -0.25) is 0 Å².